The van der Waals surface area contributed by atoms with Crippen molar-refractivity contribution < 1.29 is 4.79 Å². The molecule has 3 aromatic rings. The van der Waals surface area contributed by atoms with E-state index in [9.17, 15) is 4.79 Å². The van der Waals surface area contributed by atoms with Gasteiger partial charge in [0.05, 0.1) is 5.56 Å². The highest BCUT2D eigenvalue weighted by molar-refractivity contribution is 7.16. The minimum Gasteiger partial charge on any atom is -0.322 e. The van der Waals surface area contributed by atoms with Gasteiger partial charge in [0.15, 0.2) is 0 Å². The van der Waals surface area contributed by atoms with Gasteiger partial charge in [-0.2, -0.15) is 0 Å². The van der Waals surface area contributed by atoms with Crippen molar-refractivity contribution in [3.8, 4) is 0 Å². The summed E-state index contributed by atoms with van der Waals surface area (Å²) in [6.07, 6.45) is 9.59. The summed E-state index contributed by atoms with van der Waals surface area (Å²) in [7, 11) is 0. The lowest BCUT2D eigenvalue weighted by molar-refractivity contribution is 0.102. The SMILES string of the molecule is Cc1cc(C)cc(NC(=O)c2c(N=Cc3ccncc3)sc3c2CCCC3)c1. The zero-order valence-electron chi connectivity index (χ0n) is 16.2. The summed E-state index contributed by atoms with van der Waals surface area (Å²) in [6.45, 7) is 4.08. The minimum atomic E-state index is -0.0636. The van der Waals surface area contributed by atoms with Gasteiger partial charge in [-0.3, -0.25) is 9.78 Å². The average Bonchev–Trinajstić information content (AvgIpc) is 3.05. The molecule has 0 saturated carbocycles. The van der Waals surface area contributed by atoms with Gasteiger partial charge >= 0.3 is 0 Å². The van der Waals surface area contributed by atoms with E-state index in [0.29, 0.717) is 0 Å². The fraction of sp³-hybridized carbons (Fsp3) is 0.261. The molecule has 142 valence electrons. The van der Waals surface area contributed by atoms with E-state index < -0.39 is 0 Å². The number of hydrogen-bond acceptors (Lipinski definition) is 4. The molecule has 4 rings (SSSR count). The van der Waals surface area contributed by atoms with Crippen molar-refractivity contribution in [2.75, 3.05) is 5.32 Å². The number of benzene rings is 1. The van der Waals surface area contributed by atoms with E-state index >= 15 is 0 Å². The van der Waals surface area contributed by atoms with E-state index in [0.717, 1.165) is 52.2 Å². The Kier molecular flexibility index (Phi) is 5.35. The Morgan fingerprint density at radius 2 is 1.82 bits per heavy atom. The number of hydrogen-bond donors (Lipinski definition) is 1. The molecule has 5 heteroatoms. The zero-order valence-corrected chi connectivity index (χ0v) is 17.0. The third-order valence-corrected chi connectivity index (χ3v) is 6.10. The van der Waals surface area contributed by atoms with Crippen molar-refractivity contribution in [2.24, 2.45) is 4.99 Å². The molecule has 0 spiro atoms. The van der Waals surface area contributed by atoms with Crippen LogP contribution in [0, 0.1) is 13.8 Å². The number of aromatic nitrogens is 1. The number of pyridine rings is 1. The maximum absolute atomic E-state index is 13.2. The predicted octanol–water partition coefficient (Wildman–Crippen LogP) is 5.64. The Morgan fingerprint density at radius 1 is 1.11 bits per heavy atom. The number of nitrogens with one attached hydrogen (secondary N) is 1. The number of rotatable bonds is 4. The van der Waals surface area contributed by atoms with E-state index in [-0.39, 0.29) is 5.91 Å². The van der Waals surface area contributed by atoms with E-state index in [1.54, 1.807) is 23.7 Å². The van der Waals surface area contributed by atoms with Gasteiger partial charge in [0.25, 0.3) is 5.91 Å². The van der Waals surface area contributed by atoms with Crippen LogP contribution in [0.3, 0.4) is 0 Å². The van der Waals surface area contributed by atoms with Gasteiger partial charge < -0.3 is 5.32 Å². The van der Waals surface area contributed by atoms with Gasteiger partial charge in [-0.05, 0) is 86.1 Å². The van der Waals surface area contributed by atoms with E-state index in [1.807, 2.05) is 44.3 Å². The molecule has 1 aromatic carbocycles. The summed E-state index contributed by atoms with van der Waals surface area (Å²) in [5.41, 5.74) is 6.01. The molecule has 0 fully saturated rings. The van der Waals surface area contributed by atoms with Crippen molar-refractivity contribution in [1.29, 1.82) is 0 Å². The summed E-state index contributed by atoms with van der Waals surface area (Å²) in [4.78, 5) is 23.2. The van der Waals surface area contributed by atoms with Gasteiger partial charge in [-0.1, -0.05) is 6.07 Å². The van der Waals surface area contributed by atoms with Crippen LogP contribution in [-0.4, -0.2) is 17.1 Å². The van der Waals surface area contributed by atoms with E-state index in [2.05, 4.69) is 21.4 Å². The summed E-state index contributed by atoms with van der Waals surface area (Å²) >= 11 is 1.65. The van der Waals surface area contributed by atoms with Gasteiger partial charge in [0, 0.05) is 29.2 Å². The van der Waals surface area contributed by atoms with Crippen molar-refractivity contribution in [3.05, 3.63) is 75.4 Å². The Hall–Kier alpha value is -2.79. The van der Waals surface area contributed by atoms with Crippen LogP contribution in [-0.2, 0) is 12.8 Å². The number of aryl methyl sites for hydroxylation is 3. The highest BCUT2D eigenvalue weighted by atomic mass is 32.1. The van der Waals surface area contributed by atoms with Gasteiger partial charge in [0.2, 0.25) is 0 Å². The van der Waals surface area contributed by atoms with Crippen LogP contribution >= 0.6 is 11.3 Å². The van der Waals surface area contributed by atoms with E-state index in [1.165, 1.54) is 16.9 Å². The molecule has 4 nitrogen and oxygen atoms in total. The Balaban J connectivity index is 1.69. The summed E-state index contributed by atoms with van der Waals surface area (Å²) in [6, 6.07) is 9.93. The molecule has 1 N–H and O–H groups in total. The van der Waals surface area contributed by atoms with Crippen LogP contribution in [0.2, 0.25) is 0 Å². The van der Waals surface area contributed by atoms with Crippen molar-refractivity contribution in [1.82, 2.24) is 4.98 Å². The maximum atomic E-state index is 13.2. The molecule has 0 aliphatic heterocycles. The average molecular weight is 390 g/mol. The molecule has 2 aromatic heterocycles. The predicted molar refractivity (Wildman–Crippen MR) is 116 cm³/mol. The zero-order chi connectivity index (χ0) is 19.5. The summed E-state index contributed by atoms with van der Waals surface area (Å²) in [5.74, 6) is -0.0636. The number of thiophene rings is 1. The summed E-state index contributed by atoms with van der Waals surface area (Å²) in [5, 5.41) is 3.90. The first-order chi connectivity index (χ1) is 13.6. The van der Waals surface area contributed by atoms with Crippen LogP contribution in [0.5, 0.6) is 0 Å². The number of fused-ring (bicyclic) bond motifs is 1. The lowest BCUT2D eigenvalue weighted by Gasteiger charge is -2.13. The van der Waals surface area contributed by atoms with Crippen LogP contribution in [0.15, 0.2) is 47.7 Å². The first-order valence-corrected chi connectivity index (χ1v) is 10.4. The number of nitrogens with zero attached hydrogens (tertiary/aromatic N) is 2. The van der Waals surface area contributed by atoms with Gasteiger partial charge in [-0.15, -0.1) is 11.3 Å². The normalized spacial score (nSPS) is 13.5. The van der Waals surface area contributed by atoms with Crippen LogP contribution in [0.4, 0.5) is 10.7 Å². The Labute approximate surface area is 169 Å². The van der Waals surface area contributed by atoms with Crippen molar-refractivity contribution in [3.63, 3.8) is 0 Å². The van der Waals surface area contributed by atoms with Crippen molar-refractivity contribution >= 4 is 34.1 Å². The maximum Gasteiger partial charge on any atom is 0.259 e. The quantitative estimate of drug-likeness (QED) is 0.587. The molecule has 0 unspecified atom stereocenters. The Bertz CT molecular complexity index is 1020. The Morgan fingerprint density at radius 3 is 2.57 bits per heavy atom. The highest BCUT2D eigenvalue weighted by Crippen LogP contribution is 2.40. The molecule has 0 atom stereocenters. The number of anilines is 1. The standard InChI is InChI=1S/C23H23N3OS/c1-15-11-16(2)13-18(12-15)26-22(27)21-19-5-3-4-6-20(19)28-23(21)25-14-17-7-9-24-10-8-17/h7-14H,3-6H2,1-2H3,(H,26,27). The number of carbonyl (C=O) groups excluding carboxylic acids is 1. The van der Waals surface area contributed by atoms with Crippen molar-refractivity contribution in [2.45, 2.75) is 39.5 Å². The first-order valence-electron chi connectivity index (χ1n) is 9.58. The largest absolute Gasteiger partial charge is 0.322 e. The number of amides is 1. The fourth-order valence-electron chi connectivity index (χ4n) is 3.70. The van der Waals surface area contributed by atoms with Gasteiger partial charge in [0.1, 0.15) is 5.00 Å². The molecular weight excluding hydrogens is 366 g/mol. The van der Waals surface area contributed by atoms with E-state index in [4.69, 9.17) is 0 Å². The second-order valence-electron chi connectivity index (χ2n) is 7.26. The second-order valence-corrected chi connectivity index (χ2v) is 8.34. The number of aliphatic imine (C=N–C) groups is 1. The third-order valence-electron chi connectivity index (χ3n) is 4.90. The molecule has 2 heterocycles. The lowest BCUT2D eigenvalue weighted by atomic mass is 9.95. The molecule has 1 aliphatic rings. The third kappa shape index (κ3) is 4.04. The lowest BCUT2D eigenvalue weighted by Crippen LogP contribution is -2.15. The highest BCUT2D eigenvalue weighted by Gasteiger charge is 2.25. The monoisotopic (exact) mass is 389 g/mol. The minimum absolute atomic E-state index is 0.0636. The first kappa shape index (κ1) is 18.6. The summed E-state index contributed by atoms with van der Waals surface area (Å²) < 4.78 is 0. The second kappa shape index (κ2) is 8.07. The smallest absolute Gasteiger partial charge is 0.259 e. The van der Waals surface area contributed by atoms with Crippen LogP contribution in [0.25, 0.3) is 0 Å². The molecule has 28 heavy (non-hydrogen) atoms. The molecule has 1 aliphatic carbocycles. The molecule has 0 bridgehead atoms. The molecular formula is C23H23N3OS. The molecule has 0 saturated heterocycles. The molecule has 1 amide bonds. The topological polar surface area (TPSA) is 54.4 Å². The fourth-order valence-corrected chi connectivity index (χ4v) is 4.93. The van der Waals surface area contributed by atoms with Gasteiger partial charge in [-0.25, -0.2) is 4.99 Å². The number of carbonyl (C=O) groups is 1. The van der Waals surface area contributed by atoms with Crippen LogP contribution in [0.1, 0.15) is 50.3 Å². The molecule has 0 radical (unpaired) electrons. The van der Waals surface area contributed by atoms with Crippen LogP contribution < -0.4 is 5.32 Å².